The molecule has 1 aromatic heterocycles. The van der Waals surface area contributed by atoms with Gasteiger partial charge < -0.3 is 14.3 Å². The Morgan fingerprint density at radius 3 is 2.80 bits per heavy atom. The van der Waals surface area contributed by atoms with Gasteiger partial charge in [-0.05, 0) is 35.7 Å². The van der Waals surface area contributed by atoms with Crippen molar-refractivity contribution < 1.29 is 27.5 Å². The van der Waals surface area contributed by atoms with Gasteiger partial charge in [-0.15, -0.1) is 0 Å². The maximum atomic E-state index is 12.1. The smallest absolute Gasteiger partial charge is 0.371 e. The van der Waals surface area contributed by atoms with Crippen LogP contribution in [0.1, 0.15) is 30.3 Å². The average molecular weight is 368 g/mol. The standard InChI is InChI=1S/C11H14BrNO6S/c1-11(3-2-4-18-11)6-13-20(16,17)8-5-7(10(14)15)19-9(8)12/h5,13H,2-4,6H2,1H3,(H,14,15). The second-order valence-electron chi connectivity index (χ2n) is 4.78. The molecule has 20 heavy (non-hydrogen) atoms. The highest BCUT2D eigenvalue weighted by molar-refractivity contribution is 9.10. The van der Waals surface area contributed by atoms with Crippen LogP contribution in [0.15, 0.2) is 20.0 Å². The van der Waals surface area contributed by atoms with Gasteiger partial charge in [-0.25, -0.2) is 17.9 Å². The molecule has 1 atom stereocenters. The summed E-state index contributed by atoms with van der Waals surface area (Å²) >= 11 is 2.91. The summed E-state index contributed by atoms with van der Waals surface area (Å²) in [5, 5.41) is 8.78. The number of carboxylic acids is 1. The van der Waals surface area contributed by atoms with E-state index in [1.807, 2.05) is 6.92 Å². The van der Waals surface area contributed by atoms with E-state index in [1.54, 1.807) is 0 Å². The number of hydrogen-bond donors (Lipinski definition) is 2. The van der Waals surface area contributed by atoms with Crippen LogP contribution in [0.5, 0.6) is 0 Å². The van der Waals surface area contributed by atoms with E-state index < -0.39 is 27.4 Å². The molecule has 0 aliphatic carbocycles. The predicted molar refractivity (Wildman–Crippen MR) is 72.1 cm³/mol. The Morgan fingerprint density at radius 1 is 1.60 bits per heavy atom. The first-order valence-electron chi connectivity index (χ1n) is 5.90. The van der Waals surface area contributed by atoms with Crippen LogP contribution in [0.25, 0.3) is 0 Å². The number of sulfonamides is 1. The highest BCUT2D eigenvalue weighted by atomic mass is 79.9. The molecule has 0 bridgehead atoms. The van der Waals surface area contributed by atoms with Crippen LogP contribution in [0.3, 0.4) is 0 Å². The van der Waals surface area contributed by atoms with E-state index in [4.69, 9.17) is 14.3 Å². The summed E-state index contributed by atoms with van der Waals surface area (Å²) in [7, 11) is -3.86. The minimum atomic E-state index is -3.86. The Morgan fingerprint density at radius 2 is 2.30 bits per heavy atom. The van der Waals surface area contributed by atoms with E-state index >= 15 is 0 Å². The van der Waals surface area contributed by atoms with Crippen molar-refractivity contribution in [2.45, 2.75) is 30.3 Å². The highest BCUT2D eigenvalue weighted by Gasteiger charge is 2.33. The molecule has 112 valence electrons. The first kappa shape index (κ1) is 15.5. The summed E-state index contributed by atoms with van der Waals surface area (Å²) < 4.78 is 36.9. The van der Waals surface area contributed by atoms with Crippen LogP contribution in [0.2, 0.25) is 0 Å². The zero-order valence-corrected chi connectivity index (χ0v) is 13.1. The number of halogens is 1. The fourth-order valence-electron chi connectivity index (χ4n) is 1.94. The van der Waals surface area contributed by atoms with E-state index in [0.717, 1.165) is 18.9 Å². The second kappa shape index (κ2) is 5.47. The number of carboxylic acid groups (broad SMARTS) is 1. The number of carbonyl (C=O) groups is 1. The van der Waals surface area contributed by atoms with Crippen LogP contribution in [0, 0.1) is 0 Å². The normalized spacial score (nSPS) is 23.1. The van der Waals surface area contributed by atoms with Gasteiger partial charge >= 0.3 is 5.97 Å². The zero-order chi connectivity index (χ0) is 15.0. The minimum Gasteiger partial charge on any atom is -0.475 e. The molecule has 0 saturated carbocycles. The van der Waals surface area contributed by atoms with Gasteiger partial charge in [0.2, 0.25) is 15.8 Å². The van der Waals surface area contributed by atoms with Crippen LogP contribution in [0.4, 0.5) is 0 Å². The lowest BCUT2D eigenvalue weighted by Gasteiger charge is -2.23. The quantitative estimate of drug-likeness (QED) is 0.818. The van der Waals surface area contributed by atoms with Gasteiger partial charge in [0.1, 0.15) is 4.90 Å². The van der Waals surface area contributed by atoms with Gasteiger partial charge in [0.05, 0.1) is 5.60 Å². The third-order valence-corrected chi connectivity index (χ3v) is 5.35. The third kappa shape index (κ3) is 3.22. The molecular weight excluding hydrogens is 354 g/mol. The number of aromatic carboxylic acids is 1. The van der Waals surface area contributed by atoms with Crippen LogP contribution >= 0.6 is 15.9 Å². The molecule has 1 aromatic rings. The Balaban J connectivity index is 2.16. The second-order valence-corrected chi connectivity index (χ2v) is 7.24. The van der Waals surface area contributed by atoms with Crippen molar-refractivity contribution in [2.75, 3.05) is 13.2 Å². The number of rotatable bonds is 5. The SMILES string of the molecule is CC1(CNS(=O)(=O)c2cc(C(=O)O)oc2Br)CCCO1. The molecule has 0 amide bonds. The van der Waals surface area contributed by atoms with E-state index in [0.29, 0.717) is 6.61 Å². The van der Waals surface area contributed by atoms with Crippen molar-refractivity contribution in [3.05, 3.63) is 16.5 Å². The number of hydrogen-bond acceptors (Lipinski definition) is 5. The molecule has 2 rings (SSSR count). The monoisotopic (exact) mass is 367 g/mol. The number of nitrogens with one attached hydrogen (secondary N) is 1. The molecule has 1 fully saturated rings. The topological polar surface area (TPSA) is 106 Å². The maximum absolute atomic E-state index is 12.1. The van der Waals surface area contributed by atoms with Crippen molar-refractivity contribution in [1.82, 2.24) is 4.72 Å². The molecule has 0 radical (unpaired) electrons. The van der Waals surface area contributed by atoms with Gasteiger partial charge in [-0.1, -0.05) is 0 Å². The average Bonchev–Trinajstić information content (AvgIpc) is 2.94. The molecule has 1 aliphatic rings. The largest absolute Gasteiger partial charge is 0.475 e. The van der Waals surface area contributed by atoms with Crippen molar-refractivity contribution in [2.24, 2.45) is 0 Å². The van der Waals surface area contributed by atoms with Crippen LogP contribution in [-0.2, 0) is 14.8 Å². The van der Waals surface area contributed by atoms with Crippen molar-refractivity contribution in [1.29, 1.82) is 0 Å². The first-order valence-corrected chi connectivity index (χ1v) is 8.17. The van der Waals surface area contributed by atoms with Crippen molar-refractivity contribution >= 4 is 31.9 Å². The van der Waals surface area contributed by atoms with E-state index in [2.05, 4.69) is 20.7 Å². The molecule has 1 unspecified atom stereocenters. The Hall–Kier alpha value is -0.900. The van der Waals surface area contributed by atoms with Gasteiger partial charge in [-0.3, -0.25) is 0 Å². The van der Waals surface area contributed by atoms with Gasteiger partial charge in [0.15, 0.2) is 4.67 Å². The third-order valence-electron chi connectivity index (χ3n) is 3.09. The Kier molecular flexibility index (Phi) is 4.24. The molecular formula is C11H14BrNO6S. The van der Waals surface area contributed by atoms with Crippen molar-refractivity contribution in [3.63, 3.8) is 0 Å². The summed E-state index contributed by atoms with van der Waals surface area (Å²) in [6, 6.07) is 0.965. The van der Waals surface area contributed by atoms with Gasteiger partial charge in [0.25, 0.3) is 0 Å². The van der Waals surface area contributed by atoms with Gasteiger partial charge in [-0.2, -0.15) is 0 Å². The predicted octanol–water partition coefficient (Wildman–Crippen LogP) is 1.59. The van der Waals surface area contributed by atoms with Crippen molar-refractivity contribution in [3.8, 4) is 0 Å². The molecule has 9 heteroatoms. The lowest BCUT2D eigenvalue weighted by Crippen LogP contribution is -2.40. The number of furan rings is 1. The molecule has 1 saturated heterocycles. The van der Waals surface area contributed by atoms with E-state index in [9.17, 15) is 13.2 Å². The molecule has 1 aliphatic heterocycles. The molecule has 0 spiro atoms. The lowest BCUT2D eigenvalue weighted by atomic mass is 10.0. The van der Waals surface area contributed by atoms with E-state index in [1.165, 1.54) is 0 Å². The summed E-state index contributed by atoms with van der Waals surface area (Å²) in [5.74, 6) is -1.78. The lowest BCUT2D eigenvalue weighted by molar-refractivity contribution is 0.0250. The summed E-state index contributed by atoms with van der Waals surface area (Å²) in [6.07, 6.45) is 1.65. The molecule has 2 N–H and O–H groups in total. The summed E-state index contributed by atoms with van der Waals surface area (Å²) in [5.41, 5.74) is -0.529. The maximum Gasteiger partial charge on any atom is 0.371 e. The van der Waals surface area contributed by atoms with Crippen LogP contribution in [-0.4, -0.2) is 38.2 Å². The molecule has 0 aromatic carbocycles. The Labute approximate surface area is 124 Å². The van der Waals surface area contributed by atoms with Crippen LogP contribution < -0.4 is 4.72 Å². The Bertz CT molecular complexity index is 617. The summed E-state index contributed by atoms with van der Waals surface area (Å²) in [6.45, 7) is 2.56. The van der Waals surface area contributed by atoms with E-state index in [-0.39, 0.29) is 16.1 Å². The fraction of sp³-hybridized carbons (Fsp3) is 0.545. The summed E-state index contributed by atoms with van der Waals surface area (Å²) in [4.78, 5) is 10.5. The van der Waals surface area contributed by atoms with Gasteiger partial charge in [0, 0.05) is 19.2 Å². The fourth-order valence-corrected chi connectivity index (χ4v) is 4.04. The molecule has 7 nitrogen and oxygen atoms in total. The molecule has 2 heterocycles. The minimum absolute atomic E-state index is 0.120. The zero-order valence-electron chi connectivity index (χ0n) is 10.7. The first-order chi connectivity index (χ1) is 9.23. The highest BCUT2D eigenvalue weighted by Crippen LogP contribution is 2.28. The number of ether oxygens (including phenoxy) is 1.